The van der Waals surface area contributed by atoms with E-state index in [4.69, 9.17) is 38.9 Å². The summed E-state index contributed by atoms with van der Waals surface area (Å²) in [4.78, 5) is 142. The summed E-state index contributed by atoms with van der Waals surface area (Å²) in [6, 6.07) is -11.1. The molecule has 1 rings (SSSR count). The summed E-state index contributed by atoms with van der Waals surface area (Å²) in [6.07, 6.45) is -3.46. The number of nitrogens with one attached hydrogen (secondary N) is 5. The van der Waals surface area contributed by atoms with E-state index in [1.54, 1.807) is 0 Å². The van der Waals surface area contributed by atoms with Crippen LogP contribution in [-0.4, -0.2) is 158 Å². The Hall–Kier alpha value is -6.64. The van der Waals surface area contributed by atoms with E-state index in [2.05, 4.69) is 31.6 Å². The summed E-state index contributed by atoms with van der Waals surface area (Å²) >= 11 is 0. The Kier molecular flexibility index (Phi) is 22.0. The molecule has 19 N–H and O–H groups in total. The molecule has 0 saturated carbocycles. The highest BCUT2D eigenvalue weighted by Crippen LogP contribution is 2.20. The molecule has 0 spiro atoms. The van der Waals surface area contributed by atoms with E-state index in [9.17, 15) is 63.0 Å². The molecule has 7 atom stereocenters. The molecule has 27 nitrogen and oxygen atoms in total. The van der Waals surface area contributed by atoms with E-state index in [-0.39, 0.29) is 51.2 Å². The van der Waals surface area contributed by atoms with Crippen LogP contribution < -0.4 is 55.3 Å². The van der Waals surface area contributed by atoms with Crippen LogP contribution >= 0.6 is 0 Å². The van der Waals surface area contributed by atoms with Gasteiger partial charge in [-0.15, -0.1) is 0 Å². The predicted octanol–water partition coefficient (Wildman–Crippen LogP) is -7.27. The molecule has 1 fully saturated rings. The van der Waals surface area contributed by atoms with Crippen LogP contribution in [0.3, 0.4) is 0 Å². The lowest BCUT2D eigenvalue weighted by atomic mass is 10.1. The molecule has 0 unspecified atom stereocenters. The Balaban J connectivity index is 3.22. The monoisotopic (exact) mass is 858 g/mol. The maximum atomic E-state index is 13.8. The van der Waals surface area contributed by atoms with E-state index < -0.39 is 153 Å². The first-order valence-electron chi connectivity index (χ1n) is 18.5. The van der Waals surface area contributed by atoms with E-state index in [0.717, 1.165) is 4.90 Å². The van der Waals surface area contributed by atoms with Crippen molar-refractivity contribution in [3.05, 3.63) is 0 Å². The molecule has 0 aliphatic carbocycles. The fraction of sp³-hybridized carbons (Fsp3) is 0.636. The molecule has 1 saturated heterocycles. The minimum Gasteiger partial charge on any atom is -0.481 e. The summed E-state index contributed by atoms with van der Waals surface area (Å²) in [5, 5.41) is 48.7. The van der Waals surface area contributed by atoms with Crippen LogP contribution in [0.25, 0.3) is 0 Å². The van der Waals surface area contributed by atoms with Crippen molar-refractivity contribution in [3.63, 3.8) is 0 Å². The van der Waals surface area contributed by atoms with E-state index in [1.807, 2.05) is 0 Å². The van der Waals surface area contributed by atoms with Crippen LogP contribution in [0, 0.1) is 0 Å². The minimum atomic E-state index is -1.91. The lowest BCUT2D eigenvalue weighted by Crippen LogP contribution is -2.60. The maximum Gasteiger partial charge on any atom is 0.326 e. The van der Waals surface area contributed by atoms with Gasteiger partial charge >= 0.3 is 17.9 Å². The first-order chi connectivity index (χ1) is 28.1. The number of carboxylic acid groups (broad SMARTS) is 3. The summed E-state index contributed by atoms with van der Waals surface area (Å²) in [6.45, 7) is -1.10. The average molecular weight is 859 g/mol. The normalized spacial score (nSPS) is 16.3. The lowest BCUT2D eigenvalue weighted by Gasteiger charge is -2.30. The van der Waals surface area contributed by atoms with Crippen molar-refractivity contribution in [1.29, 1.82) is 0 Å². The molecule has 1 aliphatic heterocycles. The van der Waals surface area contributed by atoms with Gasteiger partial charge in [-0.3, -0.25) is 52.9 Å². The Morgan fingerprint density at radius 2 is 1.17 bits per heavy atom. The van der Waals surface area contributed by atoms with E-state index in [0.29, 0.717) is 0 Å². The molecule has 0 aromatic rings. The summed E-state index contributed by atoms with van der Waals surface area (Å²) in [5.41, 5.74) is 26.7. The Labute approximate surface area is 341 Å². The van der Waals surface area contributed by atoms with Crippen molar-refractivity contribution in [3.8, 4) is 0 Å². The summed E-state index contributed by atoms with van der Waals surface area (Å²) < 4.78 is 0. The predicted molar refractivity (Wildman–Crippen MR) is 203 cm³/mol. The second kappa shape index (κ2) is 25.7. The van der Waals surface area contributed by atoms with Crippen molar-refractivity contribution < 1.29 is 73.2 Å². The number of rotatable bonds is 28. The fourth-order valence-corrected chi connectivity index (χ4v) is 5.72. The van der Waals surface area contributed by atoms with E-state index in [1.165, 1.54) is 0 Å². The first kappa shape index (κ1) is 51.4. The Bertz CT molecular complexity index is 1640. The van der Waals surface area contributed by atoms with Crippen LogP contribution in [0.4, 0.5) is 0 Å². The molecular weight excluding hydrogens is 804 g/mol. The molecule has 60 heavy (non-hydrogen) atoms. The van der Waals surface area contributed by atoms with Gasteiger partial charge in [-0.25, -0.2) is 4.79 Å². The third-order valence-corrected chi connectivity index (χ3v) is 8.83. The van der Waals surface area contributed by atoms with Gasteiger partial charge < -0.3 is 80.6 Å². The number of aliphatic hydroxyl groups is 1. The number of carboxylic acids is 3. The molecule has 1 aliphatic rings. The zero-order valence-corrected chi connectivity index (χ0v) is 32.5. The summed E-state index contributed by atoms with van der Waals surface area (Å²) in [7, 11) is 0. The van der Waals surface area contributed by atoms with Crippen molar-refractivity contribution >= 4 is 71.1 Å². The van der Waals surface area contributed by atoms with Crippen LogP contribution in [0.1, 0.15) is 70.6 Å². The smallest absolute Gasteiger partial charge is 0.326 e. The van der Waals surface area contributed by atoms with Gasteiger partial charge in [0.05, 0.1) is 19.1 Å². The third-order valence-electron chi connectivity index (χ3n) is 8.83. The first-order valence-corrected chi connectivity index (χ1v) is 18.5. The number of likely N-dealkylation sites (tertiary alicyclic amines) is 1. The highest BCUT2D eigenvalue weighted by molar-refractivity contribution is 5.98. The number of amides is 8. The third kappa shape index (κ3) is 18.7. The van der Waals surface area contributed by atoms with Gasteiger partial charge in [-0.05, 0) is 44.9 Å². The number of hydrogen-bond donors (Lipinski definition) is 14. The Morgan fingerprint density at radius 1 is 0.633 bits per heavy atom. The summed E-state index contributed by atoms with van der Waals surface area (Å²) in [5.74, 6) is -12.8. The number of aliphatic imine (C=N–C) groups is 1. The number of nitrogens with zero attached hydrogens (tertiary/aromatic N) is 2. The molecule has 0 aromatic heterocycles. The number of aliphatic hydroxyl groups excluding tert-OH is 1. The standard InChI is InChI=1S/C33H54N12O15/c34-15(5-9-24(49)50)26(53)40-16(7-10-25(51)52)27(54)43-19(13-23(36)48)28(55)44-20(14-46)29(56)41-17(6-8-22(35)47)31(58)45-12-2-4-21(45)30(57)42-18(32(59)60)3-1-11-39-33(37)38/h15-21,46H,1-14,34H2,(H2,35,47)(H2,36,48)(H,40,53)(H,41,56)(H,42,57)(H,43,54)(H,44,55)(H,49,50)(H,51,52)(H,59,60)(H4,37,38,39)/t15-,16-,17-,18-,19-,20-,21-/m0/s1. The molecule has 336 valence electrons. The van der Waals surface area contributed by atoms with Crippen LogP contribution in [0.15, 0.2) is 4.99 Å². The lowest BCUT2D eigenvalue weighted by molar-refractivity contribution is -0.145. The second-order valence-electron chi connectivity index (χ2n) is 13.6. The van der Waals surface area contributed by atoms with Crippen LogP contribution in [0.2, 0.25) is 0 Å². The molecule has 27 heteroatoms. The SMILES string of the molecule is NC(=O)CC[C@H](NC(=O)[C@H](CO)NC(=O)[C@H](CC(N)=O)NC(=O)[C@H](CCC(=O)O)NC(=O)[C@@H](N)CCC(=O)O)C(=O)N1CCC[C@H]1C(=O)N[C@@H](CCCN=C(N)N)C(=O)O. The number of hydrogen-bond acceptors (Lipinski definition) is 14. The number of primary amides is 2. The fourth-order valence-electron chi connectivity index (χ4n) is 5.72. The van der Waals surface area contributed by atoms with Gasteiger partial charge in [0, 0.05) is 32.4 Å². The minimum absolute atomic E-state index is 0.0288. The van der Waals surface area contributed by atoms with Crippen molar-refractivity contribution in [2.24, 2.45) is 33.7 Å². The maximum absolute atomic E-state index is 13.8. The molecule has 8 amide bonds. The van der Waals surface area contributed by atoms with Gasteiger partial charge in [-0.2, -0.15) is 0 Å². The highest BCUT2D eigenvalue weighted by Gasteiger charge is 2.40. The van der Waals surface area contributed by atoms with Crippen LogP contribution in [0.5, 0.6) is 0 Å². The van der Waals surface area contributed by atoms with Crippen molar-refractivity contribution in [1.82, 2.24) is 31.5 Å². The Morgan fingerprint density at radius 3 is 1.72 bits per heavy atom. The van der Waals surface area contributed by atoms with Gasteiger partial charge in [-0.1, -0.05) is 0 Å². The zero-order valence-electron chi connectivity index (χ0n) is 32.5. The quantitative estimate of drug-likeness (QED) is 0.0197. The molecule has 0 aromatic carbocycles. The van der Waals surface area contributed by atoms with Gasteiger partial charge in [0.2, 0.25) is 47.3 Å². The van der Waals surface area contributed by atoms with Crippen LogP contribution in [-0.2, 0) is 52.7 Å². The molecule has 0 radical (unpaired) electrons. The topological polar surface area (TPSA) is 475 Å². The number of carbonyl (C=O) groups is 11. The highest BCUT2D eigenvalue weighted by atomic mass is 16.4. The number of nitrogens with two attached hydrogens (primary N) is 5. The molecule has 1 heterocycles. The molecule has 0 bridgehead atoms. The largest absolute Gasteiger partial charge is 0.481 e. The second-order valence-corrected chi connectivity index (χ2v) is 13.6. The average Bonchev–Trinajstić information content (AvgIpc) is 3.66. The number of guanidine groups is 1. The number of carbonyl (C=O) groups excluding carboxylic acids is 8. The zero-order chi connectivity index (χ0) is 45.7. The molecular formula is C33H54N12O15. The number of aliphatic carboxylic acids is 3. The van der Waals surface area contributed by atoms with Crippen molar-refractivity contribution in [2.75, 3.05) is 19.7 Å². The van der Waals surface area contributed by atoms with Gasteiger partial charge in [0.25, 0.3) is 0 Å². The van der Waals surface area contributed by atoms with E-state index >= 15 is 0 Å². The van der Waals surface area contributed by atoms with Gasteiger partial charge in [0.15, 0.2) is 5.96 Å². The van der Waals surface area contributed by atoms with Crippen molar-refractivity contribution in [2.45, 2.75) is 113 Å². The van der Waals surface area contributed by atoms with Gasteiger partial charge in [0.1, 0.15) is 36.3 Å².